The lowest BCUT2D eigenvalue weighted by Gasteiger charge is -2.13. The smallest absolute Gasteiger partial charge is 0.333 e. The van der Waals surface area contributed by atoms with Crippen molar-refractivity contribution in [3.63, 3.8) is 0 Å². The Labute approximate surface area is 205 Å². The van der Waals surface area contributed by atoms with Gasteiger partial charge in [0.15, 0.2) is 11.2 Å². The molecule has 4 rings (SSSR count). The van der Waals surface area contributed by atoms with E-state index in [-0.39, 0.29) is 30.9 Å². The molecule has 0 radical (unpaired) electrons. The van der Waals surface area contributed by atoms with Gasteiger partial charge in [-0.3, -0.25) is 14.2 Å². The number of rotatable bonds is 11. The van der Waals surface area contributed by atoms with Crippen LogP contribution in [-0.2, 0) is 33.9 Å². The van der Waals surface area contributed by atoms with Crippen LogP contribution in [-0.4, -0.2) is 51.6 Å². The molecule has 0 aliphatic rings. The van der Waals surface area contributed by atoms with Crippen molar-refractivity contribution in [2.45, 2.75) is 19.6 Å². The molecule has 2 aromatic carbocycles. The second kappa shape index (κ2) is 11.5. The summed E-state index contributed by atoms with van der Waals surface area (Å²) in [4.78, 5) is 43.4. The molecule has 2 heterocycles. The molecule has 36 heavy (non-hydrogen) atoms. The highest BCUT2D eigenvalue weighted by Crippen LogP contribution is 2.11. The van der Waals surface area contributed by atoms with Crippen molar-refractivity contribution < 1.29 is 23.4 Å². The summed E-state index contributed by atoms with van der Waals surface area (Å²) < 4.78 is 32.4. The molecular formula is C25H25FN4O6. The van der Waals surface area contributed by atoms with E-state index < -0.39 is 29.6 Å². The Morgan fingerprint density at radius 2 is 1.72 bits per heavy atom. The van der Waals surface area contributed by atoms with E-state index in [1.165, 1.54) is 35.2 Å². The predicted octanol–water partition coefficient (Wildman–Crippen LogP) is 1.82. The average molecular weight is 496 g/mol. The van der Waals surface area contributed by atoms with Crippen LogP contribution in [0, 0.1) is 5.82 Å². The van der Waals surface area contributed by atoms with Crippen molar-refractivity contribution in [1.82, 2.24) is 18.7 Å². The van der Waals surface area contributed by atoms with Gasteiger partial charge in [-0.05, 0) is 29.8 Å². The van der Waals surface area contributed by atoms with Crippen LogP contribution in [0.3, 0.4) is 0 Å². The first-order valence-corrected chi connectivity index (χ1v) is 11.2. The molecule has 0 saturated carbocycles. The molecular weight excluding hydrogens is 471 g/mol. The molecule has 0 atom stereocenters. The number of halogens is 1. The highest BCUT2D eigenvalue weighted by atomic mass is 19.1. The lowest BCUT2D eigenvalue weighted by molar-refractivity contribution is -0.145. The fourth-order valence-electron chi connectivity index (χ4n) is 3.67. The van der Waals surface area contributed by atoms with Gasteiger partial charge in [-0.25, -0.2) is 18.7 Å². The number of carbonyl (C=O) groups is 1. The first kappa shape index (κ1) is 24.9. The fourth-order valence-corrected chi connectivity index (χ4v) is 3.67. The lowest BCUT2D eigenvalue weighted by Crippen LogP contribution is -2.42. The van der Waals surface area contributed by atoms with Crippen LogP contribution in [0.15, 0.2) is 70.5 Å². The molecule has 2 aromatic heterocycles. The number of ether oxygens (including phenoxy) is 3. The Morgan fingerprint density at radius 1 is 0.972 bits per heavy atom. The zero-order valence-electron chi connectivity index (χ0n) is 19.6. The van der Waals surface area contributed by atoms with E-state index in [2.05, 4.69) is 4.98 Å². The van der Waals surface area contributed by atoms with Crippen molar-refractivity contribution in [2.24, 2.45) is 0 Å². The van der Waals surface area contributed by atoms with Gasteiger partial charge in [0, 0.05) is 13.7 Å². The van der Waals surface area contributed by atoms with Gasteiger partial charge >= 0.3 is 11.7 Å². The maximum absolute atomic E-state index is 13.3. The summed E-state index contributed by atoms with van der Waals surface area (Å²) in [5, 5.41) is 0. The first-order valence-electron chi connectivity index (χ1n) is 11.2. The zero-order valence-corrected chi connectivity index (χ0v) is 19.6. The highest BCUT2D eigenvalue weighted by Gasteiger charge is 2.20. The summed E-state index contributed by atoms with van der Waals surface area (Å²) in [5.41, 5.74) is -0.0735. The number of benzene rings is 2. The van der Waals surface area contributed by atoms with Gasteiger partial charge in [-0.2, -0.15) is 0 Å². The molecule has 0 aliphatic carbocycles. The van der Waals surface area contributed by atoms with Crippen LogP contribution in [0.1, 0.15) is 5.56 Å². The lowest BCUT2D eigenvalue weighted by atomic mass is 10.2. The number of imidazole rings is 1. The van der Waals surface area contributed by atoms with Gasteiger partial charge in [0.1, 0.15) is 31.3 Å². The van der Waals surface area contributed by atoms with E-state index in [1.54, 1.807) is 11.7 Å². The summed E-state index contributed by atoms with van der Waals surface area (Å²) in [7, 11) is 1.54. The van der Waals surface area contributed by atoms with Gasteiger partial charge in [-0.15, -0.1) is 0 Å². The Morgan fingerprint density at radius 3 is 2.44 bits per heavy atom. The monoisotopic (exact) mass is 496 g/mol. The van der Waals surface area contributed by atoms with E-state index in [4.69, 9.17) is 14.2 Å². The number of hydrogen-bond donors (Lipinski definition) is 0. The largest absolute Gasteiger partial charge is 0.490 e. The van der Waals surface area contributed by atoms with Crippen molar-refractivity contribution in [3.8, 4) is 5.75 Å². The normalized spacial score (nSPS) is 11.1. The van der Waals surface area contributed by atoms with Gasteiger partial charge in [0.2, 0.25) is 0 Å². The molecule has 0 bridgehead atoms. The first-order chi connectivity index (χ1) is 17.5. The van der Waals surface area contributed by atoms with E-state index in [0.717, 1.165) is 10.1 Å². The van der Waals surface area contributed by atoms with E-state index in [1.807, 2.05) is 30.3 Å². The van der Waals surface area contributed by atoms with Crippen LogP contribution >= 0.6 is 0 Å². The van der Waals surface area contributed by atoms with Gasteiger partial charge in [-0.1, -0.05) is 30.3 Å². The fraction of sp³-hybridized carbons (Fsp3) is 0.280. The minimum absolute atomic E-state index is 0.0212. The minimum atomic E-state index is -0.773. The number of hydrogen-bond acceptors (Lipinski definition) is 7. The number of aromatic nitrogens is 4. The molecule has 0 saturated heterocycles. The Hall–Kier alpha value is -4.25. The number of carbonyl (C=O) groups excluding carboxylic acids is 1. The molecule has 0 aliphatic heterocycles. The van der Waals surface area contributed by atoms with Crippen molar-refractivity contribution in [3.05, 3.63) is 93.1 Å². The number of fused-ring (bicyclic) bond motifs is 1. The van der Waals surface area contributed by atoms with Crippen LogP contribution in [0.4, 0.5) is 4.39 Å². The number of esters is 1. The molecule has 0 spiro atoms. The Balaban J connectivity index is 1.56. The second-order valence-electron chi connectivity index (χ2n) is 7.87. The number of methoxy groups -OCH3 is 1. The molecule has 0 amide bonds. The molecule has 0 N–H and O–H groups in total. The van der Waals surface area contributed by atoms with Crippen LogP contribution in [0.25, 0.3) is 11.2 Å². The quantitative estimate of drug-likeness (QED) is 0.230. The third-order valence-corrected chi connectivity index (χ3v) is 5.42. The SMILES string of the molecule is COCCn1cnc2c1c(=O)n(CC(=O)OCCOc1ccc(F)cc1)c(=O)n2Cc1ccccc1. The summed E-state index contributed by atoms with van der Waals surface area (Å²) in [6.45, 7) is 0.174. The van der Waals surface area contributed by atoms with Crippen LogP contribution in [0.5, 0.6) is 5.75 Å². The minimum Gasteiger partial charge on any atom is -0.490 e. The van der Waals surface area contributed by atoms with Crippen molar-refractivity contribution >= 4 is 17.1 Å². The summed E-state index contributed by atoms with van der Waals surface area (Å²) in [6.07, 6.45) is 1.47. The van der Waals surface area contributed by atoms with Crippen molar-refractivity contribution in [2.75, 3.05) is 26.9 Å². The predicted molar refractivity (Wildman–Crippen MR) is 129 cm³/mol. The Bertz CT molecular complexity index is 1440. The number of nitrogens with zero attached hydrogens (tertiary/aromatic N) is 4. The van der Waals surface area contributed by atoms with E-state index in [9.17, 15) is 18.8 Å². The third-order valence-electron chi connectivity index (χ3n) is 5.42. The zero-order chi connectivity index (χ0) is 25.5. The highest BCUT2D eigenvalue weighted by molar-refractivity contribution is 5.72. The van der Waals surface area contributed by atoms with E-state index in [0.29, 0.717) is 18.9 Å². The molecule has 11 heteroatoms. The van der Waals surface area contributed by atoms with Gasteiger partial charge in [0.05, 0.1) is 19.5 Å². The molecule has 4 aromatic rings. The standard InChI is InChI=1S/C25H25FN4O6/c1-34-12-11-28-17-27-23-22(28)24(32)30(25(33)29(23)15-18-5-3-2-4-6-18)16-21(31)36-14-13-35-20-9-7-19(26)8-10-20/h2-10,17H,11-16H2,1H3. The van der Waals surface area contributed by atoms with Gasteiger partial charge in [0.25, 0.3) is 5.56 Å². The van der Waals surface area contributed by atoms with Gasteiger partial charge < -0.3 is 18.8 Å². The van der Waals surface area contributed by atoms with Crippen LogP contribution in [0.2, 0.25) is 0 Å². The average Bonchev–Trinajstić information content (AvgIpc) is 3.31. The third kappa shape index (κ3) is 5.69. The maximum Gasteiger partial charge on any atom is 0.333 e. The topological polar surface area (TPSA) is 107 Å². The summed E-state index contributed by atoms with van der Waals surface area (Å²) in [5.74, 6) is -0.745. The maximum atomic E-state index is 13.3. The molecule has 0 fully saturated rings. The summed E-state index contributed by atoms with van der Waals surface area (Å²) >= 11 is 0. The summed E-state index contributed by atoms with van der Waals surface area (Å²) in [6, 6.07) is 14.7. The Kier molecular flexibility index (Phi) is 7.91. The van der Waals surface area contributed by atoms with Crippen LogP contribution < -0.4 is 16.0 Å². The molecule has 10 nitrogen and oxygen atoms in total. The van der Waals surface area contributed by atoms with Crippen molar-refractivity contribution in [1.29, 1.82) is 0 Å². The van der Waals surface area contributed by atoms with E-state index >= 15 is 0 Å². The molecule has 0 unspecified atom stereocenters. The second-order valence-corrected chi connectivity index (χ2v) is 7.87. The molecule has 188 valence electrons.